The van der Waals surface area contributed by atoms with Crippen molar-refractivity contribution in [2.24, 2.45) is 0 Å². The lowest BCUT2D eigenvalue weighted by Gasteiger charge is -2.11. The second-order valence-corrected chi connectivity index (χ2v) is 9.30. The van der Waals surface area contributed by atoms with Gasteiger partial charge in [-0.25, -0.2) is 4.98 Å². The van der Waals surface area contributed by atoms with Gasteiger partial charge in [-0.2, -0.15) is 9.97 Å². The number of furan rings is 1. The second-order valence-electron chi connectivity index (χ2n) is 9.30. The summed E-state index contributed by atoms with van der Waals surface area (Å²) in [6.45, 7) is 0. The number of hydrogen-bond acceptors (Lipinski definition) is 4. The Morgan fingerprint density at radius 2 is 1.08 bits per heavy atom. The van der Waals surface area contributed by atoms with Gasteiger partial charge in [-0.05, 0) is 24.3 Å². The van der Waals surface area contributed by atoms with E-state index in [-0.39, 0.29) is 0 Å². The molecule has 0 aliphatic carbocycles. The first-order chi connectivity index (χ1) is 18.8. The highest BCUT2D eigenvalue weighted by Gasteiger charge is 2.19. The van der Waals surface area contributed by atoms with Gasteiger partial charge in [-0.3, -0.25) is 4.57 Å². The number of hydrogen-bond donors (Lipinski definition) is 0. The van der Waals surface area contributed by atoms with Crippen LogP contribution >= 0.6 is 0 Å². The highest BCUT2D eigenvalue weighted by molar-refractivity contribution is 6.10. The normalized spacial score (nSPS) is 11.7. The molecule has 5 nitrogen and oxygen atoms in total. The predicted octanol–water partition coefficient (Wildman–Crippen LogP) is 8.20. The number of fused-ring (bicyclic) bond motifs is 6. The molecule has 3 aromatic heterocycles. The highest BCUT2D eigenvalue weighted by Crippen LogP contribution is 2.36. The summed E-state index contributed by atoms with van der Waals surface area (Å²) >= 11 is 0. The van der Waals surface area contributed by atoms with Gasteiger partial charge in [0, 0.05) is 27.1 Å². The average Bonchev–Trinajstić information content (AvgIpc) is 3.53. The van der Waals surface area contributed by atoms with Crippen LogP contribution in [0.15, 0.2) is 126 Å². The lowest BCUT2D eigenvalue weighted by molar-refractivity contribution is 0.669. The maximum atomic E-state index is 6.35. The fourth-order valence-electron chi connectivity index (χ4n) is 5.36. The van der Waals surface area contributed by atoms with Gasteiger partial charge in [-0.15, -0.1) is 0 Å². The minimum atomic E-state index is 0.569. The van der Waals surface area contributed by atoms with E-state index in [2.05, 4.69) is 53.1 Å². The maximum Gasteiger partial charge on any atom is 0.238 e. The van der Waals surface area contributed by atoms with Crippen LogP contribution in [0.3, 0.4) is 0 Å². The minimum absolute atomic E-state index is 0.569. The Balaban J connectivity index is 1.47. The summed E-state index contributed by atoms with van der Waals surface area (Å²) < 4.78 is 8.47. The van der Waals surface area contributed by atoms with Crippen LogP contribution in [0.5, 0.6) is 0 Å². The molecule has 0 atom stereocenters. The third-order valence-corrected chi connectivity index (χ3v) is 7.08. The Morgan fingerprint density at radius 3 is 1.84 bits per heavy atom. The number of benzene rings is 5. The van der Waals surface area contributed by atoms with E-state index in [0.717, 1.165) is 54.9 Å². The van der Waals surface area contributed by atoms with Crippen molar-refractivity contribution in [3.8, 4) is 28.7 Å². The van der Waals surface area contributed by atoms with Gasteiger partial charge in [-0.1, -0.05) is 97.1 Å². The molecule has 0 fully saturated rings. The molecule has 0 N–H and O–H groups in total. The van der Waals surface area contributed by atoms with Crippen LogP contribution in [-0.2, 0) is 0 Å². The molecule has 3 heterocycles. The molecule has 0 amide bonds. The molecule has 38 heavy (non-hydrogen) atoms. The van der Waals surface area contributed by atoms with Gasteiger partial charge in [0.2, 0.25) is 5.95 Å². The van der Waals surface area contributed by atoms with E-state index in [1.165, 1.54) is 0 Å². The topological polar surface area (TPSA) is 56.7 Å². The number of rotatable bonds is 3. The van der Waals surface area contributed by atoms with Gasteiger partial charge in [0.15, 0.2) is 11.6 Å². The lowest BCUT2D eigenvalue weighted by Crippen LogP contribution is -2.06. The molecule has 5 aromatic carbocycles. The zero-order valence-corrected chi connectivity index (χ0v) is 20.2. The summed E-state index contributed by atoms with van der Waals surface area (Å²) in [4.78, 5) is 15.0. The van der Waals surface area contributed by atoms with Crippen LogP contribution in [-0.4, -0.2) is 19.5 Å². The van der Waals surface area contributed by atoms with Crippen molar-refractivity contribution < 1.29 is 4.42 Å². The van der Waals surface area contributed by atoms with Crippen LogP contribution < -0.4 is 0 Å². The van der Waals surface area contributed by atoms with E-state index >= 15 is 0 Å². The number of para-hydroxylation sites is 4. The lowest BCUT2D eigenvalue weighted by atomic mass is 10.1. The Kier molecular flexibility index (Phi) is 4.45. The van der Waals surface area contributed by atoms with Crippen molar-refractivity contribution in [1.82, 2.24) is 19.5 Å². The van der Waals surface area contributed by atoms with E-state index in [4.69, 9.17) is 19.4 Å². The molecule has 0 aliphatic rings. The average molecular weight is 489 g/mol. The van der Waals surface area contributed by atoms with Crippen LogP contribution in [0.4, 0.5) is 0 Å². The van der Waals surface area contributed by atoms with Gasteiger partial charge in [0.05, 0.1) is 16.6 Å². The van der Waals surface area contributed by atoms with E-state index in [9.17, 15) is 0 Å². The molecular formula is C33H20N4O. The van der Waals surface area contributed by atoms with Gasteiger partial charge < -0.3 is 4.42 Å². The third kappa shape index (κ3) is 3.09. The Morgan fingerprint density at radius 1 is 0.474 bits per heavy atom. The number of aromatic nitrogens is 4. The second kappa shape index (κ2) is 8.11. The summed E-state index contributed by atoms with van der Waals surface area (Å²) in [5.41, 5.74) is 5.47. The zero-order chi connectivity index (χ0) is 25.1. The molecule has 0 radical (unpaired) electrons. The molecule has 8 rings (SSSR count). The fraction of sp³-hybridized carbons (Fsp3) is 0. The summed E-state index contributed by atoms with van der Waals surface area (Å²) in [5.74, 6) is 1.75. The SMILES string of the molecule is c1ccc(-c2nc(-c3cccc4c3oc3ccccc34)nc(-n3c4ccccc4c4ccccc43)n2)cc1. The highest BCUT2D eigenvalue weighted by atomic mass is 16.3. The summed E-state index contributed by atoms with van der Waals surface area (Å²) in [6.07, 6.45) is 0. The van der Waals surface area contributed by atoms with Crippen molar-refractivity contribution >= 4 is 43.7 Å². The van der Waals surface area contributed by atoms with Crippen molar-refractivity contribution in [2.75, 3.05) is 0 Å². The Labute approximate surface area is 217 Å². The van der Waals surface area contributed by atoms with E-state index in [1.807, 2.05) is 72.8 Å². The molecule has 178 valence electrons. The zero-order valence-electron chi connectivity index (χ0n) is 20.2. The number of nitrogens with zero attached hydrogens (tertiary/aromatic N) is 4. The minimum Gasteiger partial charge on any atom is -0.455 e. The molecular weight excluding hydrogens is 468 g/mol. The monoisotopic (exact) mass is 488 g/mol. The smallest absolute Gasteiger partial charge is 0.238 e. The van der Waals surface area contributed by atoms with Crippen molar-refractivity contribution in [3.63, 3.8) is 0 Å². The van der Waals surface area contributed by atoms with Gasteiger partial charge in [0.1, 0.15) is 11.2 Å². The predicted molar refractivity (Wildman–Crippen MR) is 152 cm³/mol. The maximum absolute atomic E-state index is 6.35. The molecule has 0 aliphatic heterocycles. The largest absolute Gasteiger partial charge is 0.455 e. The molecule has 0 saturated carbocycles. The molecule has 0 spiro atoms. The van der Waals surface area contributed by atoms with Crippen molar-refractivity contribution in [1.29, 1.82) is 0 Å². The van der Waals surface area contributed by atoms with E-state index in [1.54, 1.807) is 0 Å². The van der Waals surface area contributed by atoms with E-state index < -0.39 is 0 Å². The summed E-state index contributed by atoms with van der Waals surface area (Å²) in [7, 11) is 0. The molecule has 0 bridgehead atoms. The van der Waals surface area contributed by atoms with Crippen LogP contribution in [0.1, 0.15) is 0 Å². The van der Waals surface area contributed by atoms with Crippen LogP contribution in [0, 0.1) is 0 Å². The molecule has 5 heteroatoms. The molecule has 0 unspecified atom stereocenters. The first-order valence-electron chi connectivity index (χ1n) is 12.6. The fourth-order valence-corrected chi connectivity index (χ4v) is 5.36. The molecule has 8 aromatic rings. The van der Waals surface area contributed by atoms with Crippen LogP contribution in [0.25, 0.3) is 72.5 Å². The summed E-state index contributed by atoms with van der Waals surface area (Å²) in [5, 5.41) is 4.43. The first kappa shape index (κ1) is 20.9. The third-order valence-electron chi connectivity index (χ3n) is 7.08. The summed E-state index contributed by atoms with van der Waals surface area (Å²) in [6, 6.07) is 41.0. The van der Waals surface area contributed by atoms with Crippen molar-refractivity contribution in [3.05, 3.63) is 121 Å². The van der Waals surface area contributed by atoms with Crippen molar-refractivity contribution in [2.45, 2.75) is 0 Å². The first-order valence-corrected chi connectivity index (χ1v) is 12.6. The van der Waals surface area contributed by atoms with Gasteiger partial charge in [0.25, 0.3) is 0 Å². The Hall–Kier alpha value is -5.29. The quantitative estimate of drug-likeness (QED) is 0.251. The van der Waals surface area contributed by atoms with E-state index in [0.29, 0.717) is 17.6 Å². The van der Waals surface area contributed by atoms with Gasteiger partial charge >= 0.3 is 0 Å². The standard InChI is InChI=1S/C33H20N4O/c1-2-11-21(12-3-1)31-34-32(26-17-10-16-25-24-15-6-9-20-29(24)38-30(25)26)36-33(35-31)37-27-18-7-4-13-22(27)23-14-5-8-19-28(23)37/h1-20H. The van der Waals surface area contributed by atoms with Crippen LogP contribution in [0.2, 0.25) is 0 Å². The molecule has 0 saturated heterocycles. The Bertz CT molecular complexity index is 2090.